The highest BCUT2D eigenvalue weighted by Crippen LogP contribution is 2.43. The number of fused-ring (bicyclic) bond motifs is 1. The van der Waals surface area contributed by atoms with Crippen LogP contribution in [0.3, 0.4) is 0 Å². The van der Waals surface area contributed by atoms with E-state index in [9.17, 15) is 8.42 Å². The summed E-state index contributed by atoms with van der Waals surface area (Å²) in [6.07, 6.45) is 2.89. The number of rotatable bonds is 0. The van der Waals surface area contributed by atoms with Gasteiger partial charge in [-0.1, -0.05) is 0 Å². The van der Waals surface area contributed by atoms with Crippen LogP contribution in [0, 0.1) is 0 Å². The second kappa shape index (κ2) is 2.44. The molecule has 0 bridgehead atoms. The molecule has 0 unspecified atom stereocenters. The van der Waals surface area contributed by atoms with E-state index in [1.807, 2.05) is 0 Å². The Bertz CT molecular complexity index is 481. The zero-order chi connectivity index (χ0) is 10.6. The van der Waals surface area contributed by atoms with Crippen molar-refractivity contribution in [3.8, 4) is 0 Å². The van der Waals surface area contributed by atoms with Crippen molar-refractivity contribution in [2.24, 2.45) is 0 Å². The monoisotopic (exact) mass is 213 g/mol. The minimum Gasteiger partial charge on any atom is -0.269 e. The summed E-state index contributed by atoms with van der Waals surface area (Å²) in [6, 6.07) is 0. The molecular weight excluding hydrogens is 202 g/mol. The third-order valence-electron chi connectivity index (χ3n) is 2.61. The van der Waals surface area contributed by atoms with Gasteiger partial charge in [-0.15, -0.1) is 0 Å². The zero-order valence-corrected chi connectivity index (χ0v) is 9.04. The van der Waals surface area contributed by atoms with Crippen LogP contribution in [0.25, 0.3) is 0 Å². The van der Waals surface area contributed by atoms with Gasteiger partial charge in [-0.2, -0.15) is 0 Å². The molecule has 1 aromatic heterocycles. The van der Waals surface area contributed by atoms with Crippen molar-refractivity contribution in [2.45, 2.75) is 18.6 Å². The van der Waals surface area contributed by atoms with E-state index in [1.54, 1.807) is 13.8 Å². The lowest BCUT2D eigenvalue weighted by molar-refractivity contribution is 0.558. The molecule has 1 aliphatic rings. The van der Waals surface area contributed by atoms with E-state index >= 15 is 0 Å². The van der Waals surface area contributed by atoms with Crippen molar-refractivity contribution < 1.29 is 8.42 Å². The van der Waals surface area contributed by atoms with Gasteiger partial charge in [-0.3, -0.25) is 4.31 Å². The summed E-state index contributed by atoms with van der Waals surface area (Å²) in [5.41, 5.74) is 1.13. The summed E-state index contributed by atoms with van der Waals surface area (Å²) < 4.78 is 24.1. The predicted molar refractivity (Wildman–Crippen MR) is 52.4 cm³/mol. The summed E-state index contributed by atoms with van der Waals surface area (Å²) >= 11 is 0. The first-order chi connectivity index (χ1) is 6.39. The van der Waals surface area contributed by atoms with Gasteiger partial charge in [0.05, 0.1) is 17.6 Å². The summed E-state index contributed by atoms with van der Waals surface area (Å²) in [6.45, 7) is 3.30. The molecule has 2 rings (SSSR count). The second-order valence-electron chi connectivity index (χ2n) is 3.74. The Balaban J connectivity index is 2.81. The first-order valence-corrected chi connectivity index (χ1v) is 5.62. The predicted octanol–water partition coefficient (Wildman–Crippen LogP) is 0.491. The van der Waals surface area contributed by atoms with Crippen LogP contribution in [0.4, 0.5) is 5.69 Å². The number of hydrogen-bond acceptors (Lipinski definition) is 4. The van der Waals surface area contributed by atoms with Crippen LogP contribution < -0.4 is 4.31 Å². The van der Waals surface area contributed by atoms with E-state index in [-0.39, 0.29) is 0 Å². The van der Waals surface area contributed by atoms with Crippen molar-refractivity contribution in [1.29, 1.82) is 0 Å². The molecule has 0 N–H and O–H groups in total. The van der Waals surface area contributed by atoms with Crippen molar-refractivity contribution in [2.75, 3.05) is 11.4 Å². The van der Waals surface area contributed by atoms with Gasteiger partial charge in [-0.05, 0) is 13.8 Å². The van der Waals surface area contributed by atoms with E-state index in [0.29, 0.717) is 11.4 Å². The van der Waals surface area contributed by atoms with Gasteiger partial charge in [0, 0.05) is 7.05 Å². The molecule has 1 aromatic rings. The highest BCUT2D eigenvalue weighted by Gasteiger charge is 2.49. The number of hydrogen-bond donors (Lipinski definition) is 0. The fraction of sp³-hybridized carbons (Fsp3) is 0.500. The molecular formula is C8H11N3O2S. The molecule has 76 valence electrons. The third kappa shape index (κ3) is 0.863. The van der Waals surface area contributed by atoms with E-state index in [1.165, 1.54) is 23.9 Å². The van der Waals surface area contributed by atoms with Crippen LogP contribution in [-0.2, 0) is 14.8 Å². The number of sulfonamides is 1. The van der Waals surface area contributed by atoms with Crippen LogP contribution in [0.2, 0.25) is 0 Å². The highest BCUT2D eigenvalue weighted by atomic mass is 32.2. The van der Waals surface area contributed by atoms with Crippen molar-refractivity contribution in [1.82, 2.24) is 9.97 Å². The van der Waals surface area contributed by atoms with Gasteiger partial charge in [0.25, 0.3) is 0 Å². The van der Waals surface area contributed by atoms with Gasteiger partial charge >= 0.3 is 0 Å². The molecule has 0 saturated heterocycles. The normalized spacial score (nSPS) is 22.1. The first kappa shape index (κ1) is 9.39. The number of anilines is 1. The minimum absolute atomic E-state index is 0.565. The molecule has 0 aliphatic carbocycles. The Hall–Kier alpha value is -1.17. The highest BCUT2D eigenvalue weighted by molar-refractivity contribution is 7.94. The molecule has 0 aromatic carbocycles. The Morgan fingerprint density at radius 1 is 1.43 bits per heavy atom. The lowest BCUT2D eigenvalue weighted by Gasteiger charge is -2.18. The van der Waals surface area contributed by atoms with Gasteiger partial charge in [0.15, 0.2) is 0 Å². The van der Waals surface area contributed by atoms with Crippen LogP contribution in [0.1, 0.15) is 19.5 Å². The van der Waals surface area contributed by atoms with E-state index in [4.69, 9.17) is 0 Å². The topological polar surface area (TPSA) is 63.2 Å². The molecule has 0 atom stereocenters. The quantitative estimate of drug-likeness (QED) is 0.629. The van der Waals surface area contributed by atoms with Crippen LogP contribution >= 0.6 is 0 Å². The average molecular weight is 213 g/mol. The molecule has 0 fully saturated rings. The maximum Gasteiger partial charge on any atom is 0.246 e. The lowest BCUT2D eigenvalue weighted by Crippen LogP contribution is -2.33. The van der Waals surface area contributed by atoms with Crippen molar-refractivity contribution in [3.63, 3.8) is 0 Å². The Labute approximate surface area is 82.8 Å². The van der Waals surface area contributed by atoms with E-state index in [0.717, 1.165) is 0 Å². The Kier molecular flexibility index (Phi) is 1.64. The van der Waals surface area contributed by atoms with Gasteiger partial charge in [0.2, 0.25) is 10.0 Å². The lowest BCUT2D eigenvalue weighted by atomic mass is 10.1. The molecule has 14 heavy (non-hydrogen) atoms. The minimum atomic E-state index is -3.33. The molecule has 1 aliphatic heterocycles. The second-order valence-corrected chi connectivity index (χ2v) is 6.26. The fourth-order valence-electron chi connectivity index (χ4n) is 1.61. The first-order valence-electron chi connectivity index (χ1n) is 4.18. The zero-order valence-electron chi connectivity index (χ0n) is 8.22. The fourth-order valence-corrected chi connectivity index (χ4v) is 3.09. The molecule has 2 heterocycles. The van der Waals surface area contributed by atoms with Crippen molar-refractivity contribution in [3.05, 3.63) is 18.2 Å². The van der Waals surface area contributed by atoms with Crippen LogP contribution in [-0.4, -0.2) is 25.4 Å². The Morgan fingerprint density at radius 3 is 2.64 bits per heavy atom. The van der Waals surface area contributed by atoms with E-state index < -0.39 is 14.8 Å². The Morgan fingerprint density at radius 2 is 2.07 bits per heavy atom. The molecule has 0 saturated carbocycles. The summed E-state index contributed by atoms with van der Waals surface area (Å²) in [5, 5.41) is 0. The molecule has 6 heteroatoms. The standard InChI is InChI=1S/C8H11N3O2S/c1-8(2)7-6(4-9-5-10-7)11(3)14(8,12)13/h4-5H,1-3H3. The largest absolute Gasteiger partial charge is 0.269 e. The maximum atomic E-state index is 11.9. The molecule has 0 spiro atoms. The van der Waals surface area contributed by atoms with Crippen LogP contribution in [0.15, 0.2) is 12.5 Å². The summed E-state index contributed by atoms with van der Waals surface area (Å²) in [5.74, 6) is 0. The molecule has 5 nitrogen and oxygen atoms in total. The maximum absolute atomic E-state index is 11.9. The summed E-state index contributed by atoms with van der Waals surface area (Å²) in [4.78, 5) is 7.85. The van der Waals surface area contributed by atoms with Crippen molar-refractivity contribution >= 4 is 15.7 Å². The SMILES string of the molecule is CN1c2cncnc2C(C)(C)S1(=O)=O. The molecule has 0 amide bonds. The number of aromatic nitrogens is 2. The smallest absolute Gasteiger partial charge is 0.246 e. The average Bonchev–Trinajstić information content (AvgIpc) is 2.27. The number of nitrogens with zero attached hydrogens (tertiary/aromatic N) is 3. The summed E-state index contributed by atoms with van der Waals surface area (Å²) in [7, 11) is -1.81. The van der Waals surface area contributed by atoms with E-state index in [2.05, 4.69) is 9.97 Å². The van der Waals surface area contributed by atoms with Gasteiger partial charge in [0.1, 0.15) is 11.1 Å². The van der Waals surface area contributed by atoms with Gasteiger partial charge < -0.3 is 0 Å². The van der Waals surface area contributed by atoms with Gasteiger partial charge in [-0.25, -0.2) is 18.4 Å². The third-order valence-corrected chi connectivity index (χ3v) is 5.01. The van der Waals surface area contributed by atoms with Crippen LogP contribution in [0.5, 0.6) is 0 Å². The molecule has 0 radical (unpaired) electrons.